The average molecular weight is 404 g/mol. The van der Waals surface area contributed by atoms with Crippen molar-refractivity contribution in [2.75, 3.05) is 20.8 Å². The Morgan fingerprint density at radius 1 is 1.16 bits per heavy atom. The van der Waals surface area contributed by atoms with E-state index >= 15 is 0 Å². The Bertz CT molecular complexity index is 789. The quantitative estimate of drug-likeness (QED) is 0.730. The number of benzene rings is 2. The molecule has 4 nitrogen and oxygen atoms in total. The molecule has 2 aromatic rings. The summed E-state index contributed by atoms with van der Waals surface area (Å²) >= 11 is 3.51. The van der Waals surface area contributed by atoms with E-state index in [0.717, 1.165) is 45.0 Å². The largest absolute Gasteiger partial charge is 0.497 e. The highest BCUT2D eigenvalue weighted by molar-refractivity contribution is 9.10. The number of fused-ring (bicyclic) bond motifs is 1. The number of halogens is 1. The average Bonchev–Trinajstić information content (AvgIpc) is 2.78. The van der Waals surface area contributed by atoms with E-state index in [4.69, 9.17) is 19.2 Å². The minimum atomic E-state index is 0.419. The zero-order chi connectivity index (χ0) is 17.8. The fourth-order valence-electron chi connectivity index (χ4n) is 2.90. The molecule has 5 heteroatoms. The monoisotopic (exact) mass is 403 g/mol. The molecule has 1 unspecified atom stereocenters. The van der Waals surface area contributed by atoms with Gasteiger partial charge in [-0.2, -0.15) is 0 Å². The lowest BCUT2D eigenvalue weighted by molar-refractivity contribution is 0.269. The van der Waals surface area contributed by atoms with Gasteiger partial charge in [-0.1, -0.05) is 22.9 Å². The Hall–Kier alpha value is -2.01. The summed E-state index contributed by atoms with van der Waals surface area (Å²) in [7, 11) is 3.32. The van der Waals surface area contributed by atoms with Gasteiger partial charge in [0.2, 0.25) is 0 Å². The molecule has 0 aliphatic carbocycles. The van der Waals surface area contributed by atoms with Crippen LogP contribution >= 0.6 is 15.9 Å². The number of rotatable bonds is 4. The van der Waals surface area contributed by atoms with Crippen LogP contribution in [0.25, 0.3) is 0 Å². The van der Waals surface area contributed by atoms with Crippen LogP contribution in [0.5, 0.6) is 17.2 Å². The van der Waals surface area contributed by atoms with Crippen LogP contribution in [0.2, 0.25) is 0 Å². The molecule has 1 heterocycles. The minimum absolute atomic E-state index is 0.419. The number of aliphatic imine (C=N–C) groups is 1. The Morgan fingerprint density at radius 2 is 2.00 bits per heavy atom. The van der Waals surface area contributed by atoms with Crippen LogP contribution in [0.15, 0.2) is 45.9 Å². The molecular formula is C20H22BrNO3. The van der Waals surface area contributed by atoms with E-state index in [2.05, 4.69) is 28.9 Å². The van der Waals surface area contributed by atoms with Crippen molar-refractivity contribution in [2.24, 2.45) is 10.9 Å². The van der Waals surface area contributed by atoms with Crippen molar-refractivity contribution in [2.45, 2.75) is 19.9 Å². The highest BCUT2D eigenvalue weighted by atomic mass is 79.9. The molecule has 0 radical (unpaired) electrons. The standard InChI is InChI=1S/C20H22BrNO3/c1-13-8-18(17-7-5-15(21)9-20(17)25-12-13)22-11-14-4-6-16(23-2)10-19(14)24-3/h4-7,9-10,13H,8,11-12H2,1-3H3. The predicted octanol–water partition coefficient (Wildman–Crippen LogP) is 4.87. The third kappa shape index (κ3) is 4.15. The van der Waals surface area contributed by atoms with Crippen molar-refractivity contribution in [3.05, 3.63) is 52.0 Å². The molecule has 0 aromatic heterocycles. The molecule has 0 N–H and O–H groups in total. The number of hydrogen-bond acceptors (Lipinski definition) is 4. The molecule has 1 aliphatic heterocycles. The lowest BCUT2D eigenvalue weighted by atomic mass is 10.00. The van der Waals surface area contributed by atoms with Gasteiger partial charge in [0.05, 0.1) is 27.4 Å². The van der Waals surface area contributed by atoms with E-state index < -0.39 is 0 Å². The van der Waals surface area contributed by atoms with Crippen LogP contribution in [0.4, 0.5) is 0 Å². The smallest absolute Gasteiger partial charge is 0.129 e. The third-order valence-electron chi connectivity index (χ3n) is 4.25. The molecular weight excluding hydrogens is 382 g/mol. The van der Waals surface area contributed by atoms with Gasteiger partial charge in [-0.3, -0.25) is 4.99 Å². The first-order valence-corrected chi connectivity index (χ1v) is 9.07. The van der Waals surface area contributed by atoms with Gasteiger partial charge in [0, 0.05) is 27.4 Å². The first-order chi connectivity index (χ1) is 12.1. The Labute approximate surface area is 157 Å². The highest BCUT2D eigenvalue weighted by Gasteiger charge is 2.20. The molecule has 1 aliphatic rings. The SMILES string of the molecule is COc1ccc(CN=C2CC(C)COc3cc(Br)ccc32)c(OC)c1. The van der Waals surface area contributed by atoms with Gasteiger partial charge in [-0.15, -0.1) is 0 Å². The van der Waals surface area contributed by atoms with Crippen molar-refractivity contribution in [1.82, 2.24) is 0 Å². The molecule has 0 bridgehead atoms. The van der Waals surface area contributed by atoms with Gasteiger partial charge in [-0.05, 0) is 42.7 Å². The van der Waals surface area contributed by atoms with Crippen LogP contribution < -0.4 is 14.2 Å². The lowest BCUT2D eigenvalue weighted by Crippen LogP contribution is -2.09. The molecule has 2 aromatic carbocycles. The fraction of sp³-hybridized carbons (Fsp3) is 0.350. The third-order valence-corrected chi connectivity index (χ3v) is 4.75. The Morgan fingerprint density at radius 3 is 2.76 bits per heavy atom. The van der Waals surface area contributed by atoms with Crippen molar-refractivity contribution < 1.29 is 14.2 Å². The highest BCUT2D eigenvalue weighted by Crippen LogP contribution is 2.31. The Balaban J connectivity index is 1.92. The van der Waals surface area contributed by atoms with Gasteiger partial charge in [0.15, 0.2) is 0 Å². The summed E-state index contributed by atoms with van der Waals surface area (Å²) < 4.78 is 17.7. The maximum Gasteiger partial charge on any atom is 0.129 e. The maximum absolute atomic E-state index is 5.95. The van der Waals surface area contributed by atoms with Crippen LogP contribution in [0.1, 0.15) is 24.5 Å². The molecule has 0 fully saturated rings. The minimum Gasteiger partial charge on any atom is -0.497 e. The normalized spacial score (nSPS) is 18.2. The van der Waals surface area contributed by atoms with E-state index in [1.54, 1.807) is 14.2 Å². The van der Waals surface area contributed by atoms with Crippen molar-refractivity contribution in [1.29, 1.82) is 0 Å². The van der Waals surface area contributed by atoms with E-state index in [1.807, 2.05) is 30.3 Å². The van der Waals surface area contributed by atoms with Gasteiger partial charge in [0.1, 0.15) is 17.2 Å². The van der Waals surface area contributed by atoms with Gasteiger partial charge < -0.3 is 14.2 Å². The van der Waals surface area contributed by atoms with Gasteiger partial charge >= 0.3 is 0 Å². The summed E-state index contributed by atoms with van der Waals surface area (Å²) in [6.45, 7) is 3.45. The topological polar surface area (TPSA) is 40.0 Å². The number of methoxy groups -OCH3 is 2. The molecule has 0 amide bonds. The van der Waals surface area contributed by atoms with Crippen molar-refractivity contribution in [3.63, 3.8) is 0 Å². The first kappa shape index (κ1) is 17.8. The summed E-state index contributed by atoms with van der Waals surface area (Å²) in [5.74, 6) is 2.87. The van der Waals surface area contributed by atoms with Crippen LogP contribution in [0, 0.1) is 5.92 Å². The van der Waals surface area contributed by atoms with E-state index in [9.17, 15) is 0 Å². The molecule has 0 saturated heterocycles. The molecule has 0 saturated carbocycles. The van der Waals surface area contributed by atoms with Gasteiger partial charge in [-0.25, -0.2) is 0 Å². The Kier molecular flexibility index (Phi) is 5.63. The van der Waals surface area contributed by atoms with E-state index in [1.165, 1.54) is 0 Å². The van der Waals surface area contributed by atoms with E-state index in [-0.39, 0.29) is 0 Å². The predicted molar refractivity (Wildman–Crippen MR) is 103 cm³/mol. The molecule has 132 valence electrons. The fourth-order valence-corrected chi connectivity index (χ4v) is 3.24. The molecule has 1 atom stereocenters. The van der Waals surface area contributed by atoms with Gasteiger partial charge in [0.25, 0.3) is 0 Å². The second-order valence-corrected chi connectivity index (χ2v) is 7.12. The zero-order valence-corrected chi connectivity index (χ0v) is 16.3. The van der Waals surface area contributed by atoms with Crippen LogP contribution in [0.3, 0.4) is 0 Å². The zero-order valence-electron chi connectivity index (χ0n) is 14.7. The molecule has 25 heavy (non-hydrogen) atoms. The molecule has 0 spiro atoms. The number of hydrogen-bond donors (Lipinski definition) is 0. The van der Waals surface area contributed by atoms with Crippen molar-refractivity contribution >= 4 is 21.6 Å². The molecule has 3 rings (SSSR count). The summed E-state index contributed by atoms with van der Waals surface area (Å²) in [5.41, 5.74) is 3.18. The van der Waals surface area contributed by atoms with Crippen LogP contribution in [-0.2, 0) is 6.54 Å². The number of ether oxygens (including phenoxy) is 3. The maximum atomic E-state index is 5.95. The summed E-state index contributed by atoms with van der Waals surface area (Å²) in [5, 5.41) is 0. The summed E-state index contributed by atoms with van der Waals surface area (Å²) in [4.78, 5) is 4.90. The second-order valence-electron chi connectivity index (χ2n) is 6.20. The summed E-state index contributed by atoms with van der Waals surface area (Å²) in [6, 6.07) is 11.9. The van der Waals surface area contributed by atoms with Crippen molar-refractivity contribution in [3.8, 4) is 17.2 Å². The first-order valence-electron chi connectivity index (χ1n) is 8.27. The van der Waals surface area contributed by atoms with Crippen LogP contribution in [-0.4, -0.2) is 26.5 Å². The lowest BCUT2D eigenvalue weighted by Gasteiger charge is -2.11. The second kappa shape index (κ2) is 7.91. The summed E-state index contributed by atoms with van der Waals surface area (Å²) in [6.07, 6.45) is 0.896. The number of nitrogens with zero attached hydrogens (tertiary/aromatic N) is 1. The van der Waals surface area contributed by atoms with E-state index in [0.29, 0.717) is 19.1 Å².